The number of halogens is 3. The standard InChI is InChI=1S/C8H7Br3O/c1-12-7-3-2-5(9)4-6(7)8(10)11/h2-4,8H,1H3. The maximum absolute atomic E-state index is 5.18. The van der Waals surface area contributed by atoms with Gasteiger partial charge in [-0.1, -0.05) is 47.8 Å². The van der Waals surface area contributed by atoms with Crippen LogP contribution in [0, 0.1) is 0 Å². The van der Waals surface area contributed by atoms with E-state index in [1.165, 1.54) is 0 Å². The fourth-order valence-corrected chi connectivity index (χ4v) is 1.97. The van der Waals surface area contributed by atoms with E-state index in [0.29, 0.717) is 0 Å². The zero-order chi connectivity index (χ0) is 9.14. The molecule has 0 aliphatic carbocycles. The molecule has 0 fully saturated rings. The lowest BCUT2D eigenvalue weighted by molar-refractivity contribution is 0.411. The minimum absolute atomic E-state index is 0.123. The Morgan fingerprint density at radius 2 is 2.00 bits per heavy atom. The molecule has 0 atom stereocenters. The summed E-state index contributed by atoms with van der Waals surface area (Å²) in [5.74, 6) is 0.872. The molecular formula is C8H7Br3O. The van der Waals surface area contributed by atoms with Crippen LogP contribution in [-0.4, -0.2) is 7.11 Å². The normalized spacial score (nSPS) is 10.4. The van der Waals surface area contributed by atoms with Crippen molar-refractivity contribution >= 4 is 47.8 Å². The summed E-state index contributed by atoms with van der Waals surface area (Å²) in [5.41, 5.74) is 1.08. The van der Waals surface area contributed by atoms with E-state index in [9.17, 15) is 0 Å². The van der Waals surface area contributed by atoms with Gasteiger partial charge in [0.25, 0.3) is 0 Å². The van der Waals surface area contributed by atoms with E-state index in [4.69, 9.17) is 4.74 Å². The van der Waals surface area contributed by atoms with Crippen molar-refractivity contribution in [2.24, 2.45) is 0 Å². The zero-order valence-electron chi connectivity index (χ0n) is 6.35. The predicted molar refractivity (Wildman–Crippen MR) is 61.3 cm³/mol. The molecule has 0 unspecified atom stereocenters. The molecule has 0 heterocycles. The average molecular weight is 359 g/mol. The van der Waals surface area contributed by atoms with E-state index in [1.54, 1.807) is 7.11 Å². The SMILES string of the molecule is COc1ccc(Br)cc1C(Br)Br. The van der Waals surface area contributed by atoms with Crippen molar-refractivity contribution in [2.45, 2.75) is 3.74 Å². The number of ether oxygens (including phenoxy) is 1. The lowest BCUT2D eigenvalue weighted by atomic mass is 10.2. The number of alkyl halides is 2. The van der Waals surface area contributed by atoms with E-state index in [1.807, 2.05) is 18.2 Å². The van der Waals surface area contributed by atoms with E-state index in [0.717, 1.165) is 15.8 Å². The van der Waals surface area contributed by atoms with Gasteiger partial charge in [0.15, 0.2) is 0 Å². The number of methoxy groups -OCH3 is 1. The van der Waals surface area contributed by atoms with Gasteiger partial charge in [0, 0.05) is 10.0 Å². The molecular weight excluding hydrogens is 352 g/mol. The van der Waals surface area contributed by atoms with Crippen molar-refractivity contribution in [1.82, 2.24) is 0 Å². The van der Waals surface area contributed by atoms with Gasteiger partial charge in [0.2, 0.25) is 0 Å². The molecule has 0 saturated heterocycles. The molecule has 0 aliphatic heterocycles. The molecule has 0 aliphatic rings. The van der Waals surface area contributed by atoms with Crippen LogP contribution in [0.15, 0.2) is 22.7 Å². The third-order valence-electron chi connectivity index (χ3n) is 1.43. The Bertz CT molecular complexity index is 273. The Hall–Kier alpha value is 0.460. The fourth-order valence-electron chi connectivity index (χ4n) is 0.876. The number of hydrogen-bond donors (Lipinski definition) is 0. The van der Waals surface area contributed by atoms with Gasteiger partial charge in [-0.05, 0) is 18.2 Å². The lowest BCUT2D eigenvalue weighted by Crippen LogP contribution is -1.90. The number of rotatable bonds is 2. The summed E-state index contributed by atoms with van der Waals surface area (Å²) in [5, 5.41) is 0. The van der Waals surface area contributed by atoms with Crippen molar-refractivity contribution < 1.29 is 4.74 Å². The van der Waals surface area contributed by atoms with Gasteiger partial charge in [-0.25, -0.2) is 0 Å². The molecule has 0 amide bonds. The first-order valence-corrected chi connectivity index (χ1v) is 5.89. The molecule has 4 heteroatoms. The zero-order valence-corrected chi connectivity index (χ0v) is 11.1. The summed E-state index contributed by atoms with van der Waals surface area (Å²) in [6.07, 6.45) is 0. The maximum atomic E-state index is 5.18. The second-order valence-electron chi connectivity index (χ2n) is 2.19. The third kappa shape index (κ3) is 2.47. The number of hydrogen-bond acceptors (Lipinski definition) is 1. The van der Waals surface area contributed by atoms with Crippen LogP contribution < -0.4 is 4.74 Å². The molecule has 1 rings (SSSR count). The highest BCUT2D eigenvalue weighted by Crippen LogP contribution is 2.37. The fraction of sp³-hybridized carbons (Fsp3) is 0.250. The molecule has 1 aromatic carbocycles. The Kier molecular flexibility index (Phi) is 4.06. The van der Waals surface area contributed by atoms with Crippen molar-refractivity contribution in [3.8, 4) is 5.75 Å². The van der Waals surface area contributed by atoms with Gasteiger partial charge >= 0.3 is 0 Å². The highest BCUT2D eigenvalue weighted by Gasteiger charge is 2.09. The lowest BCUT2D eigenvalue weighted by Gasteiger charge is -2.09. The van der Waals surface area contributed by atoms with Crippen LogP contribution in [0.2, 0.25) is 0 Å². The Balaban J connectivity index is 3.12. The first-order valence-electron chi connectivity index (χ1n) is 3.26. The molecule has 0 radical (unpaired) electrons. The van der Waals surface area contributed by atoms with E-state index in [-0.39, 0.29) is 3.74 Å². The van der Waals surface area contributed by atoms with Crippen molar-refractivity contribution in [2.75, 3.05) is 7.11 Å². The van der Waals surface area contributed by atoms with Crippen LogP contribution in [0.1, 0.15) is 9.30 Å². The topological polar surface area (TPSA) is 9.23 Å². The molecule has 1 nitrogen and oxygen atoms in total. The van der Waals surface area contributed by atoms with Crippen molar-refractivity contribution in [3.63, 3.8) is 0 Å². The monoisotopic (exact) mass is 356 g/mol. The summed E-state index contributed by atoms with van der Waals surface area (Å²) >= 11 is 10.2. The van der Waals surface area contributed by atoms with Crippen LogP contribution in [-0.2, 0) is 0 Å². The third-order valence-corrected chi connectivity index (χ3v) is 2.91. The molecule has 0 saturated carbocycles. The summed E-state index contributed by atoms with van der Waals surface area (Å²) in [7, 11) is 1.66. The largest absolute Gasteiger partial charge is 0.496 e. The second-order valence-corrected chi connectivity index (χ2v) is 6.16. The second kappa shape index (κ2) is 4.63. The number of benzene rings is 1. The van der Waals surface area contributed by atoms with Gasteiger partial charge in [-0.2, -0.15) is 0 Å². The smallest absolute Gasteiger partial charge is 0.124 e. The van der Waals surface area contributed by atoms with Gasteiger partial charge in [0.05, 0.1) is 10.8 Å². The molecule has 66 valence electrons. The Labute approximate surface area is 96.9 Å². The highest BCUT2D eigenvalue weighted by molar-refractivity contribution is 9.24. The van der Waals surface area contributed by atoms with Gasteiger partial charge in [-0.3, -0.25) is 0 Å². The van der Waals surface area contributed by atoms with Crippen LogP contribution in [0.5, 0.6) is 5.75 Å². The first-order chi connectivity index (χ1) is 5.65. The predicted octanol–water partition coefficient (Wildman–Crippen LogP) is 4.25. The van der Waals surface area contributed by atoms with Crippen LogP contribution in [0.25, 0.3) is 0 Å². The molecule has 0 N–H and O–H groups in total. The van der Waals surface area contributed by atoms with Crippen molar-refractivity contribution in [1.29, 1.82) is 0 Å². The average Bonchev–Trinajstić information content (AvgIpc) is 2.04. The van der Waals surface area contributed by atoms with Crippen LogP contribution in [0.3, 0.4) is 0 Å². The summed E-state index contributed by atoms with van der Waals surface area (Å²) in [4.78, 5) is 0. The summed E-state index contributed by atoms with van der Waals surface area (Å²) in [6.45, 7) is 0. The van der Waals surface area contributed by atoms with Gasteiger partial charge < -0.3 is 4.74 Å². The quantitative estimate of drug-likeness (QED) is 0.718. The minimum Gasteiger partial charge on any atom is -0.496 e. The van der Waals surface area contributed by atoms with E-state index in [2.05, 4.69) is 47.8 Å². The molecule has 0 aromatic heterocycles. The van der Waals surface area contributed by atoms with Gasteiger partial charge in [0.1, 0.15) is 5.75 Å². The van der Waals surface area contributed by atoms with E-state index >= 15 is 0 Å². The molecule has 1 aromatic rings. The summed E-state index contributed by atoms with van der Waals surface area (Å²) < 4.78 is 6.35. The highest BCUT2D eigenvalue weighted by atomic mass is 79.9. The maximum Gasteiger partial charge on any atom is 0.124 e. The van der Waals surface area contributed by atoms with E-state index < -0.39 is 0 Å². The van der Waals surface area contributed by atoms with Crippen molar-refractivity contribution in [3.05, 3.63) is 28.2 Å². The summed E-state index contributed by atoms with van der Waals surface area (Å²) in [6, 6.07) is 5.88. The van der Waals surface area contributed by atoms with Gasteiger partial charge in [-0.15, -0.1) is 0 Å². The van der Waals surface area contributed by atoms with Crippen LogP contribution >= 0.6 is 47.8 Å². The Morgan fingerprint density at radius 3 is 2.50 bits per heavy atom. The molecule has 12 heavy (non-hydrogen) atoms. The Morgan fingerprint density at radius 1 is 1.33 bits per heavy atom. The van der Waals surface area contributed by atoms with Crippen LogP contribution in [0.4, 0.5) is 0 Å². The molecule has 0 spiro atoms. The molecule has 0 bridgehead atoms. The first kappa shape index (κ1) is 10.5. The minimum atomic E-state index is 0.123.